The second-order valence-electron chi connectivity index (χ2n) is 7.41. The quantitative estimate of drug-likeness (QED) is 0.750. The zero-order valence-electron chi connectivity index (χ0n) is 15.9. The highest BCUT2D eigenvalue weighted by atomic mass is 35.5. The summed E-state index contributed by atoms with van der Waals surface area (Å²) in [6.07, 6.45) is 1.58. The third-order valence-corrected chi connectivity index (χ3v) is 5.74. The van der Waals surface area contributed by atoms with Gasteiger partial charge in [-0.15, -0.1) is 0 Å². The van der Waals surface area contributed by atoms with Crippen LogP contribution in [0.25, 0.3) is 5.57 Å². The molecule has 0 radical (unpaired) electrons. The van der Waals surface area contributed by atoms with E-state index in [2.05, 4.69) is 0 Å². The zero-order valence-corrected chi connectivity index (χ0v) is 16.7. The van der Waals surface area contributed by atoms with E-state index in [4.69, 9.17) is 11.6 Å². The summed E-state index contributed by atoms with van der Waals surface area (Å²) in [7, 11) is 0. The molecule has 2 amide bonds. The van der Waals surface area contributed by atoms with Gasteiger partial charge in [0.25, 0.3) is 11.8 Å². The summed E-state index contributed by atoms with van der Waals surface area (Å²) in [6, 6.07) is 8.98. The molecule has 2 aliphatic heterocycles. The molecule has 0 bridgehead atoms. The third-order valence-electron chi connectivity index (χ3n) is 5.45. The molecule has 1 atom stereocenters. The van der Waals surface area contributed by atoms with Gasteiger partial charge in [0.1, 0.15) is 17.3 Å². The van der Waals surface area contributed by atoms with E-state index in [9.17, 15) is 23.5 Å². The molecule has 4 rings (SSSR count). The summed E-state index contributed by atoms with van der Waals surface area (Å²) >= 11 is 5.86. The average Bonchev–Trinajstić information content (AvgIpc) is 3.01. The van der Waals surface area contributed by atoms with Crippen molar-refractivity contribution in [3.63, 3.8) is 0 Å². The maximum Gasteiger partial charge on any atom is 0.282 e. The molecule has 2 aromatic rings. The van der Waals surface area contributed by atoms with Crippen LogP contribution in [0.2, 0.25) is 5.02 Å². The zero-order chi connectivity index (χ0) is 21.4. The molecule has 2 aromatic carbocycles. The Morgan fingerprint density at radius 3 is 2.47 bits per heavy atom. The van der Waals surface area contributed by atoms with Gasteiger partial charge in [0.15, 0.2) is 0 Å². The van der Waals surface area contributed by atoms with E-state index < -0.39 is 23.4 Å². The molecule has 1 N–H and O–H groups in total. The number of aliphatic hydroxyl groups is 1. The molecular weight excluding hydrogens is 414 g/mol. The number of rotatable bonds is 4. The van der Waals surface area contributed by atoms with E-state index in [0.29, 0.717) is 18.7 Å². The number of hydrogen-bond donors (Lipinski definition) is 1. The Balaban J connectivity index is 1.81. The minimum absolute atomic E-state index is 0.0158. The summed E-state index contributed by atoms with van der Waals surface area (Å²) in [5, 5.41) is 9.37. The number of benzene rings is 2. The van der Waals surface area contributed by atoms with Crippen molar-refractivity contribution in [3.8, 4) is 0 Å². The first-order chi connectivity index (χ1) is 14.4. The van der Waals surface area contributed by atoms with Gasteiger partial charge in [-0.25, -0.2) is 13.7 Å². The number of nitrogens with zero attached hydrogens (tertiary/aromatic N) is 2. The number of imide groups is 1. The molecule has 1 unspecified atom stereocenters. The topological polar surface area (TPSA) is 60.9 Å². The molecule has 0 aliphatic carbocycles. The van der Waals surface area contributed by atoms with Gasteiger partial charge < -0.3 is 10.0 Å². The van der Waals surface area contributed by atoms with Gasteiger partial charge in [-0.2, -0.15) is 0 Å². The van der Waals surface area contributed by atoms with Crippen LogP contribution in [-0.4, -0.2) is 41.5 Å². The number of halogens is 3. The van der Waals surface area contributed by atoms with Crippen LogP contribution in [0.4, 0.5) is 14.5 Å². The number of aliphatic hydroxyl groups excluding tert-OH is 1. The Morgan fingerprint density at radius 1 is 1.07 bits per heavy atom. The van der Waals surface area contributed by atoms with Crippen molar-refractivity contribution in [3.05, 3.63) is 70.4 Å². The van der Waals surface area contributed by atoms with Crippen molar-refractivity contribution in [1.29, 1.82) is 0 Å². The van der Waals surface area contributed by atoms with Crippen LogP contribution in [0.3, 0.4) is 0 Å². The van der Waals surface area contributed by atoms with Gasteiger partial charge in [0, 0.05) is 19.7 Å². The number of piperidine rings is 1. The first-order valence-electron chi connectivity index (χ1n) is 9.60. The lowest BCUT2D eigenvalue weighted by atomic mass is 9.97. The normalized spacial score (nSPS) is 19.8. The molecular formula is C22H19ClF2N2O3. The van der Waals surface area contributed by atoms with Crippen LogP contribution in [0, 0.1) is 17.6 Å². The minimum atomic E-state index is -0.659. The van der Waals surface area contributed by atoms with Crippen molar-refractivity contribution in [2.45, 2.75) is 12.8 Å². The van der Waals surface area contributed by atoms with Gasteiger partial charge in [-0.05, 0) is 54.7 Å². The van der Waals surface area contributed by atoms with Crippen LogP contribution < -0.4 is 4.90 Å². The Labute approximate surface area is 177 Å². The fourth-order valence-electron chi connectivity index (χ4n) is 3.96. The van der Waals surface area contributed by atoms with Crippen molar-refractivity contribution < 1.29 is 23.5 Å². The number of likely N-dealkylation sites (tertiary alicyclic amines) is 1. The smallest absolute Gasteiger partial charge is 0.282 e. The number of anilines is 1. The molecule has 2 heterocycles. The number of carbonyl (C=O) groups excluding carboxylic acids is 2. The monoisotopic (exact) mass is 432 g/mol. The highest BCUT2D eigenvalue weighted by molar-refractivity contribution is 6.45. The lowest BCUT2D eigenvalue weighted by molar-refractivity contribution is -0.120. The van der Waals surface area contributed by atoms with Gasteiger partial charge in [0.05, 0.1) is 16.3 Å². The molecule has 8 heteroatoms. The number of hydrogen-bond acceptors (Lipinski definition) is 4. The number of amides is 2. The van der Waals surface area contributed by atoms with Crippen molar-refractivity contribution in [2.75, 3.05) is 24.6 Å². The summed E-state index contributed by atoms with van der Waals surface area (Å²) in [5.41, 5.74) is 0.914. The molecule has 156 valence electrons. The highest BCUT2D eigenvalue weighted by Gasteiger charge is 2.43. The Kier molecular flexibility index (Phi) is 5.58. The Hall–Kier alpha value is -2.77. The summed E-state index contributed by atoms with van der Waals surface area (Å²) in [5.74, 6) is -2.28. The SMILES string of the molecule is O=C1C(c2ccc(F)cc2)=C(N2CCCC(CO)C2)C(=O)N1c1ccc(F)c(Cl)c1. The molecule has 0 saturated carbocycles. The molecule has 1 fully saturated rings. The fraction of sp³-hybridized carbons (Fsp3) is 0.273. The van der Waals surface area contributed by atoms with E-state index >= 15 is 0 Å². The molecule has 0 aromatic heterocycles. The average molecular weight is 433 g/mol. The van der Waals surface area contributed by atoms with E-state index in [1.54, 1.807) is 4.90 Å². The standard InChI is InChI=1S/C22H19ClF2N2O3/c23-17-10-16(7-8-18(17)25)27-21(29)19(14-3-5-15(24)6-4-14)20(22(27)30)26-9-1-2-13(11-26)12-28/h3-8,10,13,28H,1-2,9,11-12H2. The Bertz CT molecular complexity index is 1040. The molecule has 2 aliphatic rings. The van der Waals surface area contributed by atoms with E-state index in [-0.39, 0.29) is 34.5 Å². The van der Waals surface area contributed by atoms with Gasteiger partial charge in [-0.3, -0.25) is 9.59 Å². The second-order valence-corrected chi connectivity index (χ2v) is 7.82. The van der Waals surface area contributed by atoms with Crippen LogP contribution in [0.1, 0.15) is 18.4 Å². The van der Waals surface area contributed by atoms with Crippen LogP contribution in [0.15, 0.2) is 48.2 Å². The third kappa shape index (κ3) is 3.59. The first kappa shape index (κ1) is 20.5. The van der Waals surface area contributed by atoms with Gasteiger partial charge in [0.2, 0.25) is 0 Å². The van der Waals surface area contributed by atoms with Crippen LogP contribution in [-0.2, 0) is 9.59 Å². The molecule has 30 heavy (non-hydrogen) atoms. The second kappa shape index (κ2) is 8.16. The summed E-state index contributed by atoms with van der Waals surface area (Å²) in [6.45, 7) is 0.955. The first-order valence-corrected chi connectivity index (χ1v) is 9.98. The van der Waals surface area contributed by atoms with Crippen molar-refractivity contribution in [2.24, 2.45) is 5.92 Å². The van der Waals surface area contributed by atoms with Crippen LogP contribution in [0.5, 0.6) is 0 Å². The minimum Gasteiger partial charge on any atom is -0.396 e. The predicted molar refractivity (Wildman–Crippen MR) is 109 cm³/mol. The predicted octanol–water partition coefficient (Wildman–Crippen LogP) is 3.61. The molecule has 1 saturated heterocycles. The number of carbonyl (C=O) groups is 2. The lowest BCUT2D eigenvalue weighted by Crippen LogP contribution is -2.40. The van der Waals surface area contributed by atoms with E-state index in [0.717, 1.165) is 23.8 Å². The maximum absolute atomic E-state index is 13.6. The van der Waals surface area contributed by atoms with Gasteiger partial charge in [-0.1, -0.05) is 23.7 Å². The van der Waals surface area contributed by atoms with Crippen LogP contribution >= 0.6 is 11.6 Å². The van der Waals surface area contributed by atoms with Crippen molar-refractivity contribution in [1.82, 2.24) is 4.90 Å². The molecule has 5 nitrogen and oxygen atoms in total. The fourth-order valence-corrected chi connectivity index (χ4v) is 4.14. The highest BCUT2D eigenvalue weighted by Crippen LogP contribution is 2.37. The Morgan fingerprint density at radius 2 is 1.80 bits per heavy atom. The van der Waals surface area contributed by atoms with E-state index in [1.165, 1.54) is 36.4 Å². The molecule has 0 spiro atoms. The summed E-state index contributed by atoms with van der Waals surface area (Å²) < 4.78 is 27.1. The largest absolute Gasteiger partial charge is 0.396 e. The van der Waals surface area contributed by atoms with E-state index in [1.807, 2.05) is 0 Å². The van der Waals surface area contributed by atoms with Crippen molar-refractivity contribution >= 4 is 34.7 Å². The lowest BCUT2D eigenvalue weighted by Gasteiger charge is -2.34. The van der Waals surface area contributed by atoms with Gasteiger partial charge >= 0.3 is 0 Å². The maximum atomic E-state index is 13.6. The summed E-state index contributed by atoms with van der Waals surface area (Å²) in [4.78, 5) is 29.5.